The molecular formula is C16H12BrNO. The molecule has 2 aromatic carbocycles. The maximum absolute atomic E-state index is 5.39. The van der Waals surface area contributed by atoms with Crippen LogP contribution in [0.2, 0.25) is 0 Å². The summed E-state index contributed by atoms with van der Waals surface area (Å²) in [5.41, 5.74) is 4.08. The lowest BCUT2D eigenvalue weighted by atomic mass is 10.00. The fourth-order valence-electron chi connectivity index (χ4n) is 2.15. The van der Waals surface area contributed by atoms with Gasteiger partial charge in [-0.3, -0.25) is 0 Å². The van der Waals surface area contributed by atoms with Crippen LogP contribution in [-0.2, 0) is 0 Å². The number of aryl methyl sites for hydroxylation is 1. The quantitative estimate of drug-likeness (QED) is 0.659. The maximum Gasteiger partial charge on any atom is 0.142 e. The molecule has 0 bridgehead atoms. The van der Waals surface area contributed by atoms with Gasteiger partial charge in [-0.15, -0.1) is 0 Å². The Kier molecular flexibility index (Phi) is 3.22. The molecule has 0 aliphatic rings. The zero-order valence-electron chi connectivity index (χ0n) is 10.4. The summed E-state index contributed by atoms with van der Waals surface area (Å²) in [6, 6.07) is 18.2. The topological polar surface area (TPSA) is 26.0 Å². The number of rotatable bonds is 2. The highest BCUT2D eigenvalue weighted by Gasteiger charge is 2.17. The Hall–Kier alpha value is -1.87. The first-order valence-corrected chi connectivity index (χ1v) is 6.83. The van der Waals surface area contributed by atoms with Crippen LogP contribution in [0.4, 0.5) is 0 Å². The summed E-state index contributed by atoms with van der Waals surface area (Å²) in [5, 5.41) is 4.21. The summed E-state index contributed by atoms with van der Waals surface area (Å²) >= 11 is 3.59. The van der Waals surface area contributed by atoms with Crippen LogP contribution in [-0.4, -0.2) is 5.16 Å². The normalized spacial score (nSPS) is 10.6. The Bertz CT molecular complexity index is 704. The van der Waals surface area contributed by atoms with E-state index in [2.05, 4.69) is 27.2 Å². The third-order valence-electron chi connectivity index (χ3n) is 3.05. The molecule has 3 heteroatoms. The van der Waals surface area contributed by atoms with Crippen LogP contribution in [0.15, 0.2) is 63.6 Å². The monoisotopic (exact) mass is 313 g/mol. The minimum atomic E-state index is 0.825. The highest BCUT2D eigenvalue weighted by atomic mass is 79.9. The summed E-state index contributed by atoms with van der Waals surface area (Å²) in [7, 11) is 0. The van der Waals surface area contributed by atoms with Crippen LogP contribution in [0.1, 0.15) is 5.76 Å². The average molecular weight is 314 g/mol. The maximum atomic E-state index is 5.39. The second kappa shape index (κ2) is 5.02. The molecule has 2 nitrogen and oxygen atoms in total. The van der Waals surface area contributed by atoms with Crippen molar-refractivity contribution in [1.29, 1.82) is 0 Å². The van der Waals surface area contributed by atoms with Gasteiger partial charge in [-0.05, 0) is 13.0 Å². The van der Waals surface area contributed by atoms with Gasteiger partial charge >= 0.3 is 0 Å². The first-order valence-electron chi connectivity index (χ1n) is 6.04. The Labute approximate surface area is 120 Å². The van der Waals surface area contributed by atoms with Gasteiger partial charge in [-0.25, -0.2) is 0 Å². The third-order valence-corrected chi connectivity index (χ3v) is 3.74. The average Bonchev–Trinajstić information content (AvgIpc) is 2.82. The Morgan fingerprint density at radius 3 is 2.37 bits per heavy atom. The predicted octanol–water partition coefficient (Wildman–Crippen LogP) is 5.08. The van der Waals surface area contributed by atoms with E-state index in [0.717, 1.165) is 32.6 Å². The summed E-state index contributed by atoms with van der Waals surface area (Å²) in [6.07, 6.45) is 0. The molecule has 0 saturated heterocycles. The van der Waals surface area contributed by atoms with Gasteiger partial charge in [-0.2, -0.15) is 0 Å². The number of halogens is 1. The Morgan fingerprint density at radius 1 is 0.947 bits per heavy atom. The van der Waals surface area contributed by atoms with Crippen molar-refractivity contribution in [2.45, 2.75) is 6.92 Å². The lowest BCUT2D eigenvalue weighted by Gasteiger charge is -2.05. The second-order valence-electron chi connectivity index (χ2n) is 4.31. The molecular weight excluding hydrogens is 302 g/mol. The van der Waals surface area contributed by atoms with Crippen molar-refractivity contribution in [1.82, 2.24) is 5.16 Å². The summed E-state index contributed by atoms with van der Waals surface area (Å²) in [4.78, 5) is 0. The standard InChI is InChI=1S/C16H12BrNO/c1-11-15(13-9-5-6-10-14(13)17)16(18-19-11)12-7-3-2-4-8-12/h2-10H,1H3. The van der Waals surface area contributed by atoms with Crippen molar-refractivity contribution in [2.24, 2.45) is 0 Å². The first-order chi connectivity index (χ1) is 9.27. The van der Waals surface area contributed by atoms with Gasteiger partial charge in [0.05, 0.1) is 5.56 Å². The molecule has 0 aliphatic carbocycles. The number of aromatic nitrogens is 1. The van der Waals surface area contributed by atoms with E-state index >= 15 is 0 Å². The van der Waals surface area contributed by atoms with Crippen LogP contribution in [0, 0.1) is 6.92 Å². The fourth-order valence-corrected chi connectivity index (χ4v) is 2.63. The zero-order valence-corrected chi connectivity index (χ0v) is 12.0. The summed E-state index contributed by atoms with van der Waals surface area (Å²) < 4.78 is 6.43. The molecule has 0 radical (unpaired) electrons. The van der Waals surface area contributed by atoms with Gasteiger partial charge < -0.3 is 4.52 Å². The molecule has 94 valence electrons. The second-order valence-corrected chi connectivity index (χ2v) is 5.16. The molecule has 0 N–H and O–H groups in total. The van der Waals surface area contributed by atoms with Crippen LogP contribution in [0.5, 0.6) is 0 Å². The minimum Gasteiger partial charge on any atom is -0.360 e. The molecule has 3 rings (SSSR count). The van der Waals surface area contributed by atoms with E-state index in [-0.39, 0.29) is 0 Å². The molecule has 1 aromatic heterocycles. The number of hydrogen-bond donors (Lipinski definition) is 0. The van der Waals surface area contributed by atoms with E-state index in [1.807, 2.05) is 55.5 Å². The van der Waals surface area contributed by atoms with Crippen molar-refractivity contribution < 1.29 is 4.52 Å². The number of benzene rings is 2. The minimum absolute atomic E-state index is 0.825. The molecule has 0 unspecified atom stereocenters. The zero-order chi connectivity index (χ0) is 13.2. The molecule has 0 spiro atoms. The first kappa shape index (κ1) is 12.2. The Balaban J connectivity index is 2.23. The van der Waals surface area contributed by atoms with Gasteiger partial charge in [0.2, 0.25) is 0 Å². The van der Waals surface area contributed by atoms with E-state index in [0.29, 0.717) is 0 Å². The molecule has 0 saturated carbocycles. The highest BCUT2D eigenvalue weighted by molar-refractivity contribution is 9.10. The third kappa shape index (κ3) is 2.22. The van der Waals surface area contributed by atoms with Crippen molar-refractivity contribution in [2.75, 3.05) is 0 Å². The lowest BCUT2D eigenvalue weighted by molar-refractivity contribution is 0.400. The van der Waals surface area contributed by atoms with Gasteiger partial charge in [0, 0.05) is 15.6 Å². The van der Waals surface area contributed by atoms with Crippen LogP contribution >= 0.6 is 15.9 Å². The van der Waals surface area contributed by atoms with Crippen molar-refractivity contribution >= 4 is 15.9 Å². The molecule has 0 atom stereocenters. The smallest absolute Gasteiger partial charge is 0.142 e. The fraction of sp³-hybridized carbons (Fsp3) is 0.0625. The van der Waals surface area contributed by atoms with Gasteiger partial charge in [-0.1, -0.05) is 69.6 Å². The molecule has 0 aliphatic heterocycles. The Morgan fingerprint density at radius 2 is 1.63 bits per heavy atom. The van der Waals surface area contributed by atoms with E-state index < -0.39 is 0 Å². The largest absolute Gasteiger partial charge is 0.360 e. The van der Waals surface area contributed by atoms with Crippen molar-refractivity contribution in [3.63, 3.8) is 0 Å². The SMILES string of the molecule is Cc1onc(-c2ccccc2)c1-c1ccccc1Br. The van der Waals surface area contributed by atoms with Crippen LogP contribution in [0.3, 0.4) is 0 Å². The molecule has 19 heavy (non-hydrogen) atoms. The lowest BCUT2D eigenvalue weighted by Crippen LogP contribution is -1.85. The summed E-state index contributed by atoms with van der Waals surface area (Å²) in [6.45, 7) is 1.94. The van der Waals surface area contributed by atoms with Gasteiger partial charge in [0.15, 0.2) is 0 Å². The van der Waals surface area contributed by atoms with Crippen molar-refractivity contribution in [3.05, 3.63) is 64.8 Å². The number of hydrogen-bond acceptors (Lipinski definition) is 2. The van der Waals surface area contributed by atoms with Crippen LogP contribution in [0.25, 0.3) is 22.4 Å². The highest BCUT2D eigenvalue weighted by Crippen LogP contribution is 2.37. The number of nitrogens with zero attached hydrogens (tertiary/aromatic N) is 1. The van der Waals surface area contributed by atoms with E-state index in [4.69, 9.17) is 4.52 Å². The van der Waals surface area contributed by atoms with E-state index in [9.17, 15) is 0 Å². The van der Waals surface area contributed by atoms with E-state index in [1.54, 1.807) is 0 Å². The van der Waals surface area contributed by atoms with Crippen LogP contribution < -0.4 is 0 Å². The van der Waals surface area contributed by atoms with Crippen molar-refractivity contribution in [3.8, 4) is 22.4 Å². The molecule has 3 aromatic rings. The summed E-state index contributed by atoms with van der Waals surface area (Å²) in [5.74, 6) is 0.825. The van der Waals surface area contributed by atoms with Gasteiger partial charge in [0.25, 0.3) is 0 Å². The predicted molar refractivity (Wildman–Crippen MR) is 79.8 cm³/mol. The molecule has 0 amide bonds. The molecule has 0 fully saturated rings. The molecule has 1 heterocycles. The van der Waals surface area contributed by atoms with E-state index in [1.165, 1.54) is 0 Å². The van der Waals surface area contributed by atoms with Gasteiger partial charge in [0.1, 0.15) is 11.5 Å².